The van der Waals surface area contributed by atoms with Crippen LogP contribution in [0.25, 0.3) is 0 Å². The quantitative estimate of drug-likeness (QED) is 0.266. The third-order valence-electron chi connectivity index (χ3n) is 9.96. The van der Waals surface area contributed by atoms with Gasteiger partial charge in [-0.3, -0.25) is 0 Å². The average Bonchev–Trinajstić information content (AvgIpc) is 2.93. The molecular weight excluding hydrogens is 452 g/mol. The molecule has 0 atom stereocenters. The summed E-state index contributed by atoms with van der Waals surface area (Å²) in [6.07, 6.45) is 25.1. The van der Waals surface area contributed by atoms with Crippen molar-refractivity contribution in [3.05, 3.63) is 59.7 Å². The minimum Gasteiger partial charge on any atom is -0.508 e. The van der Waals surface area contributed by atoms with Crippen molar-refractivity contribution in [2.75, 3.05) is 0 Å². The first-order valence-corrected chi connectivity index (χ1v) is 15.7. The Kier molecular flexibility index (Phi) is 10.8. The number of phenols is 2. The zero-order chi connectivity index (χ0) is 25.9. The van der Waals surface area contributed by atoms with E-state index in [-0.39, 0.29) is 5.41 Å². The van der Waals surface area contributed by atoms with Gasteiger partial charge in [-0.25, -0.2) is 0 Å². The van der Waals surface area contributed by atoms with Crippen molar-refractivity contribution in [1.82, 2.24) is 0 Å². The van der Waals surface area contributed by atoms with E-state index in [0.717, 1.165) is 30.6 Å². The van der Waals surface area contributed by atoms with E-state index in [1.54, 1.807) is 0 Å². The van der Waals surface area contributed by atoms with E-state index in [0.29, 0.717) is 11.5 Å². The molecular formula is C35H52O2. The van der Waals surface area contributed by atoms with E-state index in [9.17, 15) is 10.2 Å². The summed E-state index contributed by atoms with van der Waals surface area (Å²) >= 11 is 0. The molecule has 37 heavy (non-hydrogen) atoms. The lowest BCUT2D eigenvalue weighted by Gasteiger charge is -2.42. The van der Waals surface area contributed by atoms with Gasteiger partial charge in [-0.05, 0) is 78.8 Å². The maximum atomic E-state index is 9.86. The third-order valence-corrected chi connectivity index (χ3v) is 9.96. The van der Waals surface area contributed by atoms with Crippen LogP contribution in [0.2, 0.25) is 0 Å². The minimum atomic E-state index is -0.00798. The maximum absolute atomic E-state index is 9.86. The molecule has 0 saturated heterocycles. The van der Waals surface area contributed by atoms with Gasteiger partial charge in [0, 0.05) is 5.41 Å². The molecule has 0 aliphatic heterocycles. The van der Waals surface area contributed by atoms with Gasteiger partial charge in [-0.2, -0.15) is 0 Å². The highest BCUT2D eigenvalue weighted by Crippen LogP contribution is 2.48. The molecule has 4 rings (SSSR count). The molecule has 0 unspecified atom stereocenters. The van der Waals surface area contributed by atoms with Crippen molar-refractivity contribution < 1.29 is 10.2 Å². The van der Waals surface area contributed by atoms with Gasteiger partial charge in [-0.15, -0.1) is 0 Å². The van der Waals surface area contributed by atoms with Crippen LogP contribution >= 0.6 is 0 Å². The van der Waals surface area contributed by atoms with Crippen LogP contribution in [-0.2, 0) is 5.41 Å². The van der Waals surface area contributed by atoms with Gasteiger partial charge in [0.2, 0.25) is 0 Å². The first kappa shape index (κ1) is 28.1. The molecule has 2 aliphatic carbocycles. The first-order chi connectivity index (χ1) is 18.1. The SMILES string of the molecule is CCCCCCCCC[C@H]1CC[C@H](CCC2CCC(c3ccc(O)cc3)(c3ccc(O)cc3)CC2)CC1. The van der Waals surface area contributed by atoms with Crippen LogP contribution in [0.3, 0.4) is 0 Å². The average molecular weight is 505 g/mol. The number of unbranched alkanes of at least 4 members (excludes halogenated alkanes) is 6. The Balaban J connectivity index is 1.20. The van der Waals surface area contributed by atoms with Crippen molar-refractivity contribution in [1.29, 1.82) is 0 Å². The van der Waals surface area contributed by atoms with Crippen LogP contribution in [0.1, 0.15) is 134 Å². The molecule has 2 heteroatoms. The standard InChI is InChI=1S/C35H52O2/c1-2-3-4-5-6-7-8-9-28-10-12-29(13-11-28)14-15-30-24-26-35(27-25-30,31-16-20-33(36)21-17-31)32-18-22-34(37)23-19-32/h16-23,28-30,36-37H,2-15,24-27H2,1H3/t28-,29-. The van der Waals surface area contributed by atoms with Gasteiger partial charge in [0.1, 0.15) is 11.5 Å². The van der Waals surface area contributed by atoms with E-state index in [2.05, 4.69) is 31.2 Å². The van der Waals surface area contributed by atoms with Crippen LogP contribution in [0.5, 0.6) is 11.5 Å². The van der Waals surface area contributed by atoms with E-state index in [1.165, 1.54) is 114 Å². The molecule has 0 heterocycles. The predicted octanol–water partition coefficient (Wildman–Crippen LogP) is 10.3. The van der Waals surface area contributed by atoms with Gasteiger partial charge in [0.05, 0.1) is 0 Å². The molecule has 2 saturated carbocycles. The molecule has 0 bridgehead atoms. The fraction of sp³-hybridized carbons (Fsp3) is 0.657. The summed E-state index contributed by atoms with van der Waals surface area (Å²) in [5.74, 6) is 3.47. The lowest BCUT2D eigenvalue weighted by atomic mass is 9.62. The van der Waals surface area contributed by atoms with Gasteiger partial charge in [-0.1, -0.05) is 121 Å². The molecule has 2 aliphatic rings. The summed E-state index contributed by atoms with van der Waals surface area (Å²) in [6.45, 7) is 2.30. The number of hydrogen-bond acceptors (Lipinski definition) is 2. The fourth-order valence-corrected chi connectivity index (χ4v) is 7.43. The third kappa shape index (κ3) is 8.01. The second-order valence-corrected chi connectivity index (χ2v) is 12.5. The Bertz CT molecular complexity index is 836. The summed E-state index contributed by atoms with van der Waals surface area (Å²) in [4.78, 5) is 0. The van der Waals surface area contributed by atoms with Crippen LogP contribution in [0, 0.1) is 17.8 Å². The second-order valence-electron chi connectivity index (χ2n) is 12.5. The monoisotopic (exact) mass is 504 g/mol. The number of benzene rings is 2. The van der Waals surface area contributed by atoms with E-state index >= 15 is 0 Å². The molecule has 2 nitrogen and oxygen atoms in total. The molecule has 2 fully saturated rings. The Morgan fingerprint density at radius 1 is 0.541 bits per heavy atom. The minimum absolute atomic E-state index is 0.00798. The Morgan fingerprint density at radius 2 is 0.946 bits per heavy atom. The highest BCUT2D eigenvalue weighted by molar-refractivity contribution is 5.43. The number of hydrogen-bond donors (Lipinski definition) is 2. The Hall–Kier alpha value is -1.96. The van der Waals surface area contributed by atoms with E-state index in [1.807, 2.05) is 24.3 Å². The molecule has 0 radical (unpaired) electrons. The number of aromatic hydroxyl groups is 2. The summed E-state index contributed by atoms with van der Waals surface area (Å²) in [5, 5.41) is 19.7. The van der Waals surface area contributed by atoms with Crippen LogP contribution in [-0.4, -0.2) is 10.2 Å². The van der Waals surface area contributed by atoms with Crippen LogP contribution < -0.4 is 0 Å². The van der Waals surface area contributed by atoms with Crippen molar-refractivity contribution in [2.45, 2.75) is 128 Å². The largest absolute Gasteiger partial charge is 0.508 e. The molecule has 0 spiro atoms. The molecule has 0 amide bonds. The highest BCUT2D eigenvalue weighted by Gasteiger charge is 2.38. The van der Waals surface area contributed by atoms with E-state index in [4.69, 9.17) is 0 Å². The maximum Gasteiger partial charge on any atom is 0.115 e. The first-order valence-electron chi connectivity index (χ1n) is 15.7. The lowest BCUT2D eigenvalue weighted by molar-refractivity contribution is 0.208. The van der Waals surface area contributed by atoms with E-state index < -0.39 is 0 Å². The van der Waals surface area contributed by atoms with Crippen LogP contribution in [0.4, 0.5) is 0 Å². The summed E-state index contributed by atoms with van der Waals surface area (Å²) in [5.41, 5.74) is 2.59. The summed E-state index contributed by atoms with van der Waals surface area (Å²) in [6, 6.07) is 15.7. The zero-order valence-corrected chi connectivity index (χ0v) is 23.5. The molecule has 0 aromatic heterocycles. The second kappa shape index (κ2) is 14.3. The smallest absolute Gasteiger partial charge is 0.115 e. The number of rotatable bonds is 13. The predicted molar refractivity (Wildman–Crippen MR) is 156 cm³/mol. The normalized spacial score (nSPS) is 22.2. The van der Waals surface area contributed by atoms with Gasteiger partial charge in [0.15, 0.2) is 0 Å². The fourth-order valence-electron chi connectivity index (χ4n) is 7.43. The zero-order valence-electron chi connectivity index (χ0n) is 23.5. The van der Waals surface area contributed by atoms with Crippen molar-refractivity contribution >= 4 is 0 Å². The van der Waals surface area contributed by atoms with Crippen molar-refractivity contribution in [2.24, 2.45) is 17.8 Å². The highest BCUT2D eigenvalue weighted by atomic mass is 16.3. The van der Waals surface area contributed by atoms with Gasteiger partial charge in [0.25, 0.3) is 0 Å². The Morgan fingerprint density at radius 3 is 1.43 bits per heavy atom. The summed E-state index contributed by atoms with van der Waals surface area (Å²) < 4.78 is 0. The van der Waals surface area contributed by atoms with Crippen LogP contribution in [0.15, 0.2) is 48.5 Å². The molecule has 2 aromatic carbocycles. The van der Waals surface area contributed by atoms with Gasteiger partial charge < -0.3 is 10.2 Å². The van der Waals surface area contributed by atoms with Gasteiger partial charge >= 0.3 is 0 Å². The summed E-state index contributed by atoms with van der Waals surface area (Å²) in [7, 11) is 0. The topological polar surface area (TPSA) is 40.5 Å². The Labute approximate surface area is 226 Å². The number of phenolic OH excluding ortho intramolecular Hbond substituents is 2. The lowest BCUT2D eigenvalue weighted by Crippen LogP contribution is -2.33. The molecule has 2 aromatic rings. The molecule has 204 valence electrons. The van der Waals surface area contributed by atoms with Crippen molar-refractivity contribution in [3.63, 3.8) is 0 Å². The van der Waals surface area contributed by atoms with Crippen molar-refractivity contribution in [3.8, 4) is 11.5 Å². The molecule has 2 N–H and O–H groups in total.